The minimum absolute atomic E-state index is 0.205. The molecular formula is C10H16O4. The van der Waals surface area contributed by atoms with E-state index in [1.807, 2.05) is 13.8 Å². The minimum Gasteiger partial charge on any atom is -0.481 e. The van der Waals surface area contributed by atoms with Crippen molar-refractivity contribution in [2.75, 3.05) is 26.4 Å². The predicted octanol–water partition coefficient (Wildman–Crippen LogP) is 0.760. The van der Waals surface area contributed by atoms with Crippen LogP contribution >= 0.6 is 0 Å². The average molecular weight is 200 g/mol. The van der Waals surface area contributed by atoms with Gasteiger partial charge in [0.15, 0.2) is 0 Å². The molecule has 0 aromatic heterocycles. The van der Waals surface area contributed by atoms with Crippen molar-refractivity contribution in [3.8, 4) is 0 Å². The highest BCUT2D eigenvalue weighted by Crippen LogP contribution is 2.69. The first-order valence-corrected chi connectivity index (χ1v) is 4.91. The highest BCUT2D eigenvalue weighted by molar-refractivity contribution is 5.77. The third kappa shape index (κ3) is 1.10. The maximum atomic E-state index is 11.1. The number of hydrogen-bond acceptors (Lipinski definition) is 3. The number of carboxylic acid groups (broad SMARTS) is 1. The molecule has 1 aliphatic heterocycles. The molecule has 2 aliphatic rings. The highest BCUT2D eigenvalue weighted by Gasteiger charge is 2.74. The Hall–Kier alpha value is -0.610. The molecule has 0 bridgehead atoms. The molecule has 0 radical (unpaired) electrons. The molecule has 1 saturated heterocycles. The number of aliphatic carboxylic acids is 1. The summed E-state index contributed by atoms with van der Waals surface area (Å²) in [7, 11) is 0. The second kappa shape index (κ2) is 2.94. The molecule has 0 aromatic carbocycles. The fraction of sp³-hybridized carbons (Fsp3) is 0.900. The summed E-state index contributed by atoms with van der Waals surface area (Å²) >= 11 is 0. The standard InChI is InChI=1S/C10H16O4/c1-9(2)7(8(11)12)10(9)5-13-3-4-14-6-10/h7H,3-6H2,1-2H3,(H,11,12). The molecule has 1 unspecified atom stereocenters. The quantitative estimate of drug-likeness (QED) is 0.679. The Labute approximate surface area is 83.2 Å². The highest BCUT2D eigenvalue weighted by atomic mass is 16.5. The summed E-state index contributed by atoms with van der Waals surface area (Å²) in [5.41, 5.74) is -0.501. The maximum Gasteiger partial charge on any atom is 0.307 e. The van der Waals surface area contributed by atoms with Crippen LogP contribution in [0, 0.1) is 16.7 Å². The number of carbonyl (C=O) groups is 1. The van der Waals surface area contributed by atoms with Crippen molar-refractivity contribution in [1.29, 1.82) is 0 Å². The zero-order chi connectivity index (χ0) is 10.4. The molecule has 2 rings (SSSR count). The number of carboxylic acids is 1. The lowest BCUT2D eigenvalue weighted by atomic mass is 9.98. The van der Waals surface area contributed by atoms with Gasteiger partial charge in [-0.05, 0) is 5.41 Å². The first kappa shape index (κ1) is 9.93. The van der Waals surface area contributed by atoms with Crippen LogP contribution in [-0.2, 0) is 14.3 Å². The van der Waals surface area contributed by atoms with Gasteiger partial charge in [-0.3, -0.25) is 4.79 Å². The van der Waals surface area contributed by atoms with Gasteiger partial charge in [-0.2, -0.15) is 0 Å². The van der Waals surface area contributed by atoms with Crippen molar-refractivity contribution in [2.45, 2.75) is 13.8 Å². The van der Waals surface area contributed by atoms with Crippen molar-refractivity contribution >= 4 is 5.97 Å². The van der Waals surface area contributed by atoms with E-state index in [1.165, 1.54) is 0 Å². The van der Waals surface area contributed by atoms with E-state index in [2.05, 4.69) is 0 Å². The van der Waals surface area contributed by atoms with Crippen molar-refractivity contribution < 1.29 is 19.4 Å². The van der Waals surface area contributed by atoms with Crippen LogP contribution in [0.25, 0.3) is 0 Å². The van der Waals surface area contributed by atoms with Crippen molar-refractivity contribution in [1.82, 2.24) is 0 Å². The van der Waals surface area contributed by atoms with Gasteiger partial charge in [-0.15, -0.1) is 0 Å². The fourth-order valence-corrected chi connectivity index (χ4v) is 2.69. The van der Waals surface area contributed by atoms with E-state index in [1.54, 1.807) is 0 Å². The minimum atomic E-state index is -0.732. The van der Waals surface area contributed by atoms with Crippen LogP contribution in [0.4, 0.5) is 0 Å². The van der Waals surface area contributed by atoms with Gasteiger partial charge in [0.25, 0.3) is 0 Å². The zero-order valence-corrected chi connectivity index (χ0v) is 8.58. The molecule has 1 saturated carbocycles. The van der Waals surface area contributed by atoms with E-state index in [0.29, 0.717) is 26.4 Å². The monoisotopic (exact) mass is 200 g/mol. The molecule has 4 nitrogen and oxygen atoms in total. The lowest BCUT2D eigenvalue weighted by Gasteiger charge is -2.15. The maximum absolute atomic E-state index is 11.1. The number of hydrogen-bond donors (Lipinski definition) is 1. The second-order valence-corrected chi connectivity index (χ2v) is 4.75. The van der Waals surface area contributed by atoms with Crippen molar-refractivity contribution in [3.05, 3.63) is 0 Å². The van der Waals surface area contributed by atoms with Crippen LogP contribution in [0.3, 0.4) is 0 Å². The fourth-order valence-electron chi connectivity index (χ4n) is 2.69. The van der Waals surface area contributed by atoms with E-state index < -0.39 is 5.97 Å². The molecule has 1 N–H and O–H groups in total. The van der Waals surface area contributed by atoms with Gasteiger partial charge >= 0.3 is 5.97 Å². The lowest BCUT2D eigenvalue weighted by Crippen LogP contribution is -2.21. The van der Waals surface area contributed by atoms with E-state index in [4.69, 9.17) is 14.6 Å². The number of rotatable bonds is 1. The molecule has 0 amide bonds. The Bertz CT molecular complexity index is 251. The average Bonchev–Trinajstić information content (AvgIpc) is 2.65. The summed E-state index contributed by atoms with van der Waals surface area (Å²) in [5.74, 6) is -1.06. The molecular weight excluding hydrogens is 184 g/mol. The van der Waals surface area contributed by atoms with E-state index >= 15 is 0 Å². The van der Waals surface area contributed by atoms with Gasteiger partial charge in [0.1, 0.15) is 0 Å². The first-order chi connectivity index (χ1) is 6.52. The van der Waals surface area contributed by atoms with Crippen LogP contribution in [0.5, 0.6) is 0 Å². The summed E-state index contributed by atoms with van der Waals surface area (Å²) in [4.78, 5) is 11.1. The number of ether oxygens (including phenoxy) is 2. The Morgan fingerprint density at radius 2 is 1.79 bits per heavy atom. The topological polar surface area (TPSA) is 55.8 Å². The van der Waals surface area contributed by atoms with Crippen LogP contribution in [-0.4, -0.2) is 37.5 Å². The Morgan fingerprint density at radius 1 is 1.29 bits per heavy atom. The normalized spacial score (nSPS) is 33.7. The largest absolute Gasteiger partial charge is 0.481 e. The molecule has 1 heterocycles. The van der Waals surface area contributed by atoms with Gasteiger partial charge in [-0.25, -0.2) is 0 Å². The van der Waals surface area contributed by atoms with Gasteiger partial charge < -0.3 is 14.6 Å². The molecule has 1 spiro atoms. The first-order valence-electron chi connectivity index (χ1n) is 4.91. The summed E-state index contributed by atoms with van der Waals surface area (Å²) in [6.07, 6.45) is 0. The van der Waals surface area contributed by atoms with Crippen LogP contribution < -0.4 is 0 Å². The van der Waals surface area contributed by atoms with Crippen molar-refractivity contribution in [3.63, 3.8) is 0 Å². The predicted molar refractivity (Wildman–Crippen MR) is 49.0 cm³/mol. The van der Waals surface area contributed by atoms with Gasteiger partial charge in [-0.1, -0.05) is 13.8 Å². The van der Waals surface area contributed by atoms with E-state index in [9.17, 15) is 4.79 Å². The van der Waals surface area contributed by atoms with Gasteiger partial charge in [0, 0.05) is 5.41 Å². The van der Waals surface area contributed by atoms with Crippen LogP contribution in [0.1, 0.15) is 13.8 Å². The second-order valence-electron chi connectivity index (χ2n) is 4.75. The van der Waals surface area contributed by atoms with E-state index in [0.717, 1.165) is 0 Å². The van der Waals surface area contributed by atoms with Crippen LogP contribution in [0.2, 0.25) is 0 Å². The summed E-state index contributed by atoms with van der Waals surface area (Å²) in [6, 6.07) is 0. The van der Waals surface area contributed by atoms with E-state index in [-0.39, 0.29) is 16.7 Å². The zero-order valence-electron chi connectivity index (χ0n) is 8.58. The summed E-state index contributed by atoms with van der Waals surface area (Å²) in [6.45, 7) is 6.12. The Balaban J connectivity index is 2.19. The summed E-state index contributed by atoms with van der Waals surface area (Å²) < 4.78 is 10.8. The SMILES string of the molecule is CC1(C)C(C(=O)O)C12COCCOC2. The molecule has 1 aliphatic carbocycles. The van der Waals surface area contributed by atoms with Gasteiger partial charge in [0.2, 0.25) is 0 Å². The Kier molecular flexibility index (Phi) is 2.08. The molecule has 1 atom stereocenters. The molecule has 14 heavy (non-hydrogen) atoms. The third-order valence-corrected chi connectivity index (χ3v) is 3.81. The lowest BCUT2D eigenvalue weighted by molar-refractivity contribution is -0.140. The molecule has 0 aromatic rings. The van der Waals surface area contributed by atoms with Gasteiger partial charge in [0.05, 0.1) is 32.3 Å². The molecule has 2 fully saturated rings. The molecule has 80 valence electrons. The molecule has 4 heteroatoms. The summed E-state index contributed by atoms with van der Waals surface area (Å²) in [5, 5.41) is 9.09. The Morgan fingerprint density at radius 3 is 2.14 bits per heavy atom. The van der Waals surface area contributed by atoms with Crippen molar-refractivity contribution in [2.24, 2.45) is 16.7 Å². The van der Waals surface area contributed by atoms with Crippen LogP contribution in [0.15, 0.2) is 0 Å². The third-order valence-electron chi connectivity index (χ3n) is 3.81. The smallest absolute Gasteiger partial charge is 0.307 e.